The van der Waals surface area contributed by atoms with Gasteiger partial charge in [0.05, 0.1) is 7.11 Å². The van der Waals surface area contributed by atoms with Crippen molar-refractivity contribution in [3.8, 4) is 0 Å². The van der Waals surface area contributed by atoms with Crippen molar-refractivity contribution in [1.29, 1.82) is 0 Å². The lowest BCUT2D eigenvalue weighted by Gasteiger charge is -2.30. The Kier molecular flexibility index (Phi) is 5.08. The second-order valence-electron chi connectivity index (χ2n) is 3.41. The van der Waals surface area contributed by atoms with Crippen LogP contribution >= 0.6 is 31.9 Å². The summed E-state index contributed by atoms with van der Waals surface area (Å²) in [4.78, 5) is 20.5. The predicted octanol–water partition coefficient (Wildman–Crippen LogP) is 1.80. The van der Waals surface area contributed by atoms with E-state index in [0.29, 0.717) is 0 Å². The van der Waals surface area contributed by atoms with Gasteiger partial charge in [0.1, 0.15) is 9.65 Å². The number of hydrogen-bond acceptors (Lipinski definition) is 3. The molecule has 6 heteroatoms. The molecule has 0 bridgehead atoms. The molecule has 0 aromatic heterocycles. The first-order valence-electron chi connectivity index (χ1n) is 3.84. The van der Waals surface area contributed by atoms with Crippen LogP contribution in [0.4, 0.5) is 0 Å². The molecule has 0 aromatic rings. The summed E-state index contributed by atoms with van der Waals surface area (Å²) in [5.41, 5.74) is -0.779. The number of rotatable bonds is 4. The van der Waals surface area contributed by atoms with Gasteiger partial charge in [-0.1, -0.05) is 45.7 Å². The molecule has 0 aromatic carbocycles. The molecule has 2 unspecified atom stereocenters. The normalized spacial score (nSPS) is 15.8. The predicted molar refractivity (Wildman–Crippen MR) is 58.9 cm³/mol. The van der Waals surface area contributed by atoms with Crippen LogP contribution in [0.2, 0.25) is 0 Å². The first-order chi connectivity index (χ1) is 6.25. The summed E-state index contributed by atoms with van der Waals surface area (Å²) in [7, 11) is 1.26. The lowest BCUT2D eigenvalue weighted by atomic mass is 9.85. The molecule has 0 saturated carbocycles. The molecule has 0 saturated heterocycles. The van der Waals surface area contributed by atoms with E-state index in [1.54, 1.807) is 13.8 Å². The van der Waals surface area contributed by atoms with Crippen LogP contribution in [0.15, 0.2) is 0 Å². The average Bonchev–Trinajstić information content (AvgIpc) is 2.13. The Balaban J connectivity index is 4.76. The molecule has 0 amide bonds. The third-order valence-corrected chi connectivity index (χ3v) is 5.06. The van der Waals surface area contributed by atoms with Gasteiger partial charge in [-0.05, 0) is 0 Å². The molecule has 0 aliphatic heterocycles. The zero-order valence-corrected chi connectivity index (χ0v) is 11.3. The molecule has 0 spiro atoms. The number of carboxylic acids is 1. The minimum atomic E-state index is -1.01. The van der Waals surface area contributed by atoms with E-state index in [1.165, 1.54) is 7.11 Å². The summed E-state index contributed by atoms with van der Waals surface area (Å²) in [5, 5.41) is 8.80. The number of carbonyl (C=O) groups excluding carboxylic acids is 1. The zero-order valence-electron chi connectivity index (χ0n) is 8.08. The summed E-state index contributed by atoms with van der Waals surface area (Å²) in [6, 6.07) is 0. The van der Waals surface area contributed by atoms with Crippen molar-refractivity contribution in [3.63, 3.8) is 0 Å². The highest BCUT2D eigenvalue weighted by Gasteiger charge is 2.43. The Bertz CT molecular complexity index is 239. The second-order valence-corrected chi connectivity index (χ2v) is 5.24. The van der Waals surface area contributed by atoms with Crippen LogP contribution in [0, 0.1) is 5.41 Å². The van der Waals surface area contributed by atoms with Crippen LogP contribution in [-0.2, 0) is 14.3 Å². The molecular formula is C8H12Br2O4. The molecule has 0 fully saturated rings. The Morgan fingerprint density at radius 2 is 1.71 bits per heavy atom. The van der Waals surface area contributed by atoms with Gasteiger partial charge in [0.25, 0.3) is 0 Å². The first kappa shape index (κ1) is 13.9. The maximum absolute atomic E-state index is 11.2. The Morgan fingerprint density at radius 3 is 2.00 bits per heavy atom. The van der Waals surface area contributed by atoms with E-state index in [-0.39, 0.29) is 0 Å². The average molecular weight is 332 g/mol. The molecule has 14 heavy (non-hydrogen) atoms. The van der Waals surface area contributed by atoms with E-state index < -0.39 is 27.0 Å². The first-order valence-corrected chi connectivity index (χ1v) is 5.67. The van der Waals surface area contributed by atoms with Gasteiger partial charge in [0, 0.05) is 5.41 Å². The van der Waals surface area contributed by atoms with Gasteiger partial charge < -0.3 is 9.84 Å². The molecule has 0 aliphatic rings. The van der Waals surface area contributed by atoms with Crippen LogP contribution in [0.25, 0.3) is 0 Å². The maximum Gasteiger partial charge on any atom is 0.320 e. The van der Waals surface area contributed by atoms with Crippen molar-refractivity contribution in [2.45, 2.75) is 23.5 Å². The molecule has 0 aliphatic carbocycles. The molecule has 4 nitrogen and oxygen atoms in total. The van der Waals surface area contributed by atoms with Crippen LogP contribution in [0.1, 0.15) is 13.8 Å². The summed E-state index contributed by atoms with van der Waals surface area (Å²) < 4.78 is 4.53. The van der Waals surface area contributed by atoms with Crippen molar-refractivity contribution < 1.29 is 19.4 Å². The van der Waals surface area contributed by atoms with Crippen molar-refractivity contribution >= 4 is 43.8 Å². The number of carbonyl (C=O) groups is 2. The summed E-state index contributed by atoms with van der Waals surface area (Å²) in [6.45, 7) is 3.33. The van der Waals surface area contributed by atoms with Gasteiger partial charge in [0.15, 0.2) is 0 Å². The lowest BCUT2D eigenvalue weighted by molar-refractivity contribution is -0.143. The standard InChI is InChI=1S/C8H12Br2O4/c1-8(2,4(9)6(11)12)5(10)7(13)14-3/h4-5H,1-3H3,(H,11,12). The van der Waals surface area contributed by atoms with Crippen LogP contribution in [0.5, 0.6) is 0 Å². The largest absolute Gasteiger partial charge is 0.480 e. The number of esters is 1. The Morgan fingerprint density at radius 1 is 1.29 bits per heavy atom. The number of alkyl halides is 2. The van der Waals surface area contributed by atoms with E-state index in [1.807, 2.05) is 0 Å². The number of ether oxygens (including phenoxy) is 1. The van der Waals surface area contributed by atoms with Gasteiger partial charge in [0.2, 0.25) is 0 Å². The highest BCUT2D eigenvalue weighted by atomic mass is 79.9. The number of carboxylic acid groups (broad SMARTS) is 1. The number of hydrogen-bond donors (Lipinski definition) is 1. The molecule has 0 rings (SSSR count). The summed E-state index contributed by atoms with van der Waals surface area (Å²) in [5.74, 6) is -1.50. The van der Waals surface area contributed by atoms with E-state index in [4.69, 9.17) is 5.11 Å². The fourth-order valence-electron chi connectivity index (χ4n) is 0.854. The molecule has 1 N–H and O–H groups in total. The minimum absolute atomic E-state index is 0.485. The summed E-state index contributed by atoms with van der Waals surface area (Å²) in [6.07, 6.45) is 0. The molecule has 0 radical (unpaired) electrons. The third-order valence-electron chi connectivity index (χ3n) is 1.93. The van der Waals surface area contributed by atoms with Crippen molar-refractivity contribution in [2.24, 2.45) is 5.41 Å². The number of methoxy groups -OCH3 is 1. The van der Waals surface area contributed by atoms with Gasteiger partial charge in [-0.15, -0.1) is 0 Å². The molecule has 82 valence electrons. The van der Waals surface area contributed by atoms with Crippen LogP contribution in [0.3, 0.4) is 0 Å². The van der Waals surface area contributed by atoms with Crippen molar-refractivity contribution in [2.75, 3.05) is 7.11 Å². The fourth-order valence-corrected chi connectivity index (χ4v) is 1.92. The topological polar surface area (TPSA) is 63.6 Å². The van der Waals surface area contributed by atoms with E-state index in [2.05, 4.69) is 36.6 Å². The van der Waals surface area contributed by atoms with E-state index >= 15 is 0 Å². The Labute approximate surface area is 99.3 Å². The van der Waals surface area contributed by atoms with E-state index in [9.17, 15) is 9.59 Å². The SMILES string of the molecule is COC(=O)C(Br)C(C)(C)C(Br)C(=O)O. The van der Waals surface area contributed by atoms with Crippen molar-refractivity contribution in [1.82, 2.24) is 0 Å². The van der Waals surface area contributed by atoms with Crippen molar-refractivity contribution in [3.05, 3.63) is 0 Å². The second kappa shape index (κ2) is 5.11. The van der Waals surface area contributed by atoms with E-state index in [0.717, 1.165) is 0 Å². The monoisotopic (exact) mass is 330 g/mol. The van der Waals surface area contributed by atoms with Gasteiger partial charge in [-0.3, -0.25) is 9.59 Å². The van der Waals surface area contributed by atoms with Gasteiger partial charge >= 0.3 is 11.9 Å². The third kappa shape index (κ3) is 2.95. The van der Waals surface area contributed by atoms with Crippen LogP contribution < -0.4 is 0 Å². The minimum Gasteiger partial charge on any atom is -0.480 e. The quantitative estimate of drug-likeness (QED) is 0.630. The summed E-state index contributed by atoms with van der Waals surface area (Å²) >= 11 is 6.15. The number of aliphatic carboxylic acids is 1. The molecule has 2 atom stereocenters. The lowest BCUT2D eigenvalue weighted by Crippen LogP contribution is -2.42. The smallest absolute Gasteiger partial charge is 0.320 e. The molecule has 0 heterocycles. The Hall–Kier alpha value is -0.100. The molecular weight excluding hydrogens is 320 g/mol. The van der Waals surface area contributed by atoms with Gasteiger partial charge in [-0.25, -0.2) is 0 Å². The van der Waals surface area contributed by atoms with Gasteiger partial charge in [-0.2, -0.15) is 0 Å². The fraction of sp³-hybridized carbons (Fsp3) is 0.750. The highest BCUT2D eigenvalue weighted by molar-refractivity contribution is 9.10. The van der Waals surface area contributed by atoms with Crippen LogP contribution in [-0.4, -0.2) is 33.8 Å². The maximum atomic E-state index is 11.2. The zero-order chi connectivity index (χ0) is 11.5. The number of halogens is 2. The highest BCUT2D eigenvalue weighted by Crippen LogP contribution is 2.36.